The Morgan fingerprint density at radius 2 is 1.97 bits per heavy atom. The lowest BCUT2D eigenvalue weighted by Crippen LogP contribution is -2.44. The fourth-order valence-corrected chi connectivity index (χ4v) is 4.52. The molecule has 3 unspecified atom stereocenters. The molecule has 37 heavy (non-hydrogen) atoms. The van der Waals surface area contributed by atoms with E-state index in [1.165, 1.54) is 36.7 Å². The molecular weight excluding hydrogens is 489 g/mol. The third-order valence-electron chi connectivity index (χ3n) is 6.45. The number of hydrogen-bond donors (Lipinski definition) is 3. The molecule has 0 saturated carbocycles. The fourth-order valence-electron chi connectivity index (χ4n) is 4.52. The van der Waals surface area contributed by atoms with Crippen LogP contribution in [0.25, 0.3) is 10.9 Å². The first-order chi connectivity index (χ1) is 17.7. The molecule has 1 aliphatic heterocycles. The highest BCUT2D eigenvalue weighted by atomic mass is 19.4. The molecule has 0 amide bonds. The van der Waals surface area contributed by atoms with E-state index in [9.17, 15) is 28.3 Å². The van der Waals surface area contributed by atoms with Crippen LogP contribution in [-0.4, -0.2) is 44.2 Å². The number of aromatic nitrogens is 4. The van der Waals surface area contributed by atoms with Gasteiger partial charge in [0.15, 0.2) is 5.82 Å². The van der Waals surface area contributed by atoms with Crippen molar-refractivity contribution in [3.63, 3.8) is 0 Å². The Hall–Kier alpha value is -4.21. The third kappa shape index (κ3) is 4.22. The fraction of sp³-hybridized carbons (Fsp3) is 0.280. The van der Waals surface area contributed by atoms with E-state index in [4.69, 9.17) is 4.74 Å². The van der Waals surface area contributed by atoms with E-state index in [-0.39, 0.29) is 23.7 Å². The summed E-state index contributed by atoms with van der Waals surface area (Å²) in [7, 11) is 0. The van der Waals surface area contributed by atoms with E-state index < -0.39 is 34.6 Å². The number of alkyl halides is 3. The maximum absolute atomic E-state index is 14.0. The molecule has 1 aliphatic rings. The van der Waals surface area contributed by atoms with Crippen molar-refractivity contribution in [2.45, 2.75) is 24.2 Å². The average Bonchev–Trinajstić information content (AvgIpc) is 3.27. The number of hydrogen-bond acceptors (Lipinski definition) is 7. The Kier molecular flexibility index (Phi) is 6.18. The highest BCUT2D eigenvalue weighted by Gasteiger charge is 2.57. The predicted molar refractivity (Wildman–Crippen MR) is 127 cm³/mol. The summed E-state index contributed by atoms with van der Waals surface area (Å²) in [5.74, 6) is -0.197. The van der Waals surface area contributed by atoms with Gasteiger partial charge in [-0.3, -0.25) is 14.5 Å². The molecule has 190 valence electrons. The van der Waals surface area contributed by atoms with Crippen LogP contribution in [0.15, 0.2) is 65.7 Å². The summed E-state index contributed by atoms with van der Waals surface area (Å²) in [6.45, 7) is 0.703. The van der Waals surface area contributed by atoms with E-state index in [0.29, 0.717) is 24.2 Å². The van der Waals surface area contributed by atoms with Gasteiger partial charge in [0.05, 0.1) is 35.8 Å². The van der Waals surface area contributed by atoms with Crippen LogP contribution in [0.1, 0.15) is 23.7 Å². The van der Waals surface area contributed by atoms with Crippen molar-refractivity contribution in [2.24, 2.45) is 5.92 Å². The quantitative estimate of drug-likeness (QED) is 0.373. The van der Waals surface area contributed by atoms with Crippen molar-refractivity contribution in [2.75, 3.05) is 18.5 Å². The van der Waals surface area contributed by atoms with Gasteiger partial charge in [0.25, 0.3) is 5.56 Å². The first-order valence-corrected chi connectivity index (χ1v) is 11.4. The van der Waals surface area contributed by atoms with Gasteiger partial charge >= 0.3 is 6.18 Å². The Balaban J connectivity index is 1.52. The number of ether oxygens (including phenoxy) is 1. The number of fused-ring (bicyclic) bond motifs is 1. The number of pyridine rings is 2. The molecule has 5 rings (SSSR count). The highest BCUT2D eigenvalue weighted by molar-refractivity contribution is 5.91. The van der Waals surface area contributed by atoms with Gasteiger partial charge in [0.2, 0.25) is 5.60 Å². The van der Waals surface area contributed by atoms with E-state index in [1.807, 2.05) is 0 Å². The monoisotopic (exact) mass is 510 g/mol. The number of nitriles is 1. The lowest BCUT2D eigenvalue weighted by atomic mass is 9.89. The molecule has 4 aromatic rings. The van der Waals surface area contributed by atoms with Crippen LogP contribution in [0.5, 0.6) is 0 Å². The van der Waals surface area contributed by atoms with Crippen LogP contribution in [0, 0.1) is 17.2 Å². The maximum atomic E-state index is 14.0. The molecule has 0 aliphatic carbocycles. The number of aromatic amines is 1. The molecule has 3 atom stereocenters. The number of H-pyrrole nitrogens is 1. The van der Waals surface area contributed by atoms with E-state index >= 15 is 0 Å². The topological polar surface area (TPSA) is 129 Å². The summed E-state index contributed by atoms with van der Waals surface area (Å²) in [6.07, 6.45) is -1.86. The molecule has 4 heterocycles. The van der Waals surface area contributed by atoms with Gasteiger partial charge in [0.1, 0.15) is 5.39 Å². The zero-order valence-electron chi connectivity index (χ0n) is 19.2. The van der Waals surface area contributed by atoms with Crippen molar-refractivity contribution in [1.29, 1.82) is 5.26 Å². The zero-order chi connectivity index (χ0) is 26.2. The largest absolute Gasteiger partial charge is 0.427 e. The molecule has 1 saturated heterocycles. The molecule has 1 fully saturated rings. The summed E-state index contributed by atoms with van der Waals surface area (Å²) in [4.78, 5) is 19.0. The SMILES string of the molecule is N#CC1CCOCC1n1nc(Nc2ccc(C(O)(c3ccccn3)C(F)(F)F)cc2)c2c(=O)[nH]ccc21. The number of rotatable bonds is 5. The van der Waals surface area contributed by atoms with Gasteiger partial charge < -0.3 is 20.1 Å². The van der Waals surface area contributed by atoms with Gasteiger partial charge in [-0.05, 0) is 42.3 Å². The van der Waals surface area contributed by atoms with Gasteiger partial charge in [-0.15, -0.1) is 0 Å². The summed E-state index contributed by atoms with van der Waals surface area (Å²) < 4.78 is 49.1. The minimum Gasteiger partial charge on any atom is -0.379 e. The standard InChI is InChI=1S/C25H21F3N6O3/c26-25(27,28)24(36,20-3-1-2-10-30-20)16-4-6-17(7-5-16)32-22-21-18(8-11-31-23(21)35)34(33-22)19-14-37-12-9-15(19)13-29/h1-8,10-11,15,19,36H,9,12,14H2,(H,31,35)(H,32,33). The molecule has 9 nitrogen and oxygen atoms in total. The summed E-state index contributed by atoms with van der Waals surface area (Å²) in [6, 6.07) is 12.4. The molecule has 1 aromatic carbocycles. The number of nitrogens with zero attached hydrogens (tertiary/aromatic N) is 4. The van der Waals surface area contributed by atoms with Crippen LogP contribution >= 0.6 is 0 Å². The number of benzene rings is 1. The highest BCUT2D eigenvalue weighted by Crippen LogP contribution is 2.43. The van der Waals surface area contributed by atoms with Crippen LogP contribution in [-0.2, 0) is 10.3 Å². The Bertz CT molecular complexity index is 1510. The molecule has 3 aromatic heterocycles. The zero-order valence-corrected chi connectivity index (χ0v) is 19.2. The molecule has 3 N–H and O–H groups in total. The number of nitrogens with one attached hydrogen (secondary N) is 2. The second-order valence-corrected chi connectivity index (χ2v) is 8.65. The maximum Gasteiger partial charge on any atom is 0.427 e. The number of aliphatic hydroxyl groups is 1. The van der Waals surface area contributed by atoms with Crippen LogP contribution in [0.3, 0.4) is 0 Å². The van der Waals surface area contributed by atoms with Gasteiger partial charge in [-0.1, -0.05) is 18.2 Å². The van der Waals surface area contributed by atoms with Crippen molar-refractivity contribution in [3.05, 3.63) is 82.5 Å². The second-order valence-electron chi connectivity index (χ2n) is 8.65. The van der Waals surface area contributed by atoms with Crippen LogP contribution < -0.4 is 10.9 Å². The first-order valence-electron chi connectivity index (χ1n) is 11.4. The summed E-state index contributed by atoms with van der Waals surface area (Å²) >= 11 is 0. The van der Waals surface area contributed by atoms with Crippen LogP contribution in [0.4, 0.5) is 24.7 Å². The van der Waals surface area contributed by atoms with E-state index in [2.05, 4.69) is 26.5 Å². The average molecular weight is 510 g/mol. The first kappa shape index (κ1) is 24.5. The van der Waals surface area contributed by atoms with Crippen molar-refractivity contribution in [1.82, 2.24) is 19.7 Å². The Morgan fingerprint density at radius 1 is 1.19 bits per heavy atom. The van der Waals surface area contributed by atoms with E-state index in [1.54, 1.807) is 10.7 Å². The predicted octanol–water partition coefficient (Wildman–Crippen LogP) is 3.76. The minimum atomic E-state index is -5.03. The Labute approximate surface area is 208 Å². The molecule has 0 bridgehead atoms. The summed E-state index contributed by atoms with van der Waals surface area (Å²) in [5.41, 5.74) is -3.89. The van der Waals surface area contributed by atoms with Gasteiger partial charge in [-0.25, -0.2) is 0 Å². The van der Waals surface area contributed by atoms with E-state index in [0.717, 1.165) is 18.2 Å². The molecule has 0 radical (unpaired) electrons. The lowest BCUT2D eigenvalue weighted by Gasteiger charge is -2.30. The molecule has 12 heteroatoms. The van der Waals surface area contributed by atoms with Crippen molar-refractivity contribution in [3.8, 4) is 6.07 Å². The molecule has 0 spiro atoms. The third-order valence-corrected chi connectivity index (χ3v) is 6.45. The van der Waals surface area contributed by atoms with Gasteiger partial charge in [0, 0.05) is 24.7 Å². The summed E-state index contributed by atoms with van der Waals surface area (Å²) in [5, 5.41) is 28.1. The van der Waals surface area contributed by atoms with Crippen molar-refractivity contribution >= 4 is 22.4 Å². The smallest absolute Gasteiger partial charge is 0.379 e. The van der Waals surface area contributed by atoms with Gasteiger partial charge in [-0.2, -0.15) is 23.5 Å². The number of halogens is 3. The second kappa shape index (κ2) is 9.34. The normalized spacial score (nSPS) is 19.8. The van der Waals surface area contributed by atoms with Crippen molar-refractivity contribution < 1.29 is 23.0 Å². The Morgan fingerprint density at radius 3 is 2.65 bits per heavy atom. The molecular formula is C25H21F3N6O3. The minimum absolute atomic E-state index is 0.169. The number of anilines is 2. The lowest BCUT2D eigenvalue weighted by molar-refractivity contribution is -0.249. The van der Waals surface area contributed by atoms with Crippen LogP contribution in [0.2, 0.25) is 0 Å².